The number of nitrogens with zero attached hydrogens (tertiary/aromatic N) is 3. The van der Waals surface area contributed by atoms with Crippen molar-refractivity contribution in [2.24, 2.45) is 0 Å². The van der Waals surface area contributed by atoms with Gasteiger partial charge in [0.25, 0.3) is 0 Å². The van der Waals surface area contributed by atoms with Crippen molar-refractivity contribution in [2.75, 3.05) is 18.0 Å². The summed E-state index contributed by atoms with van der Waals surface area (Å²) in [6.45, 7) is 6.20. The zero-order valence-corrected chi connectivity index (χ0v) is 20.4. The lowest BCUT2D eigenvalue weighted by Gasteiger charge is -2.30. The van der Waals surface area contributed by atoms with E-state index in [2.05, 4.69) is 25.8 Å². The zero-order chi connectivity index (χ0) is 22.1. The van der Waals surface area contributed by atoms with E-state index >= 15 is 0 Å². The van der Waals surface area contributed by atoms with Crippen molar-refractivity contribution in [1.82, 2.24) is 19.0 Å². The number of anilines is 2. The van der Waals surface area contributed by atoms with E-state index in [1.54, 1.807) is 6.07 Å². The molecule has 2 heterocycles. The van der Waals surface area contributed by atoms with Gasteiger partial charge >= 0.3 is 0 Å². The molecule has 0 saturated carbocycles. The largest absolute Gasteiger partial charge is 0.579 e. The first-order valence-corrected chi connectivity index (χ1v) is 12.6. The minimum absolute atomic E-state index is 0.116. The number of rotatable bonds is 7. The molecule has 6 nitrogen and oxygen atoms in total. The molecule has 0 radical (unpaired) electrons. The molecule has 3 aromatic rings. The molecule has 2 N–H and O–H groups in total. The number of aryl methyl sites for hydroxylation is 1. The lowest BCUT2D eigenvalue weighted by molar-refractivity contribution is 0.537. The van der Waals surface area contributed by atoms with Gasteiger partial charge in [-0.3, -0.25) is 0 Å². The van der Waals surface area contributed by atoms with Crippen molar-refractivity contribution in [3.63, 3.8) is 0 Å². The second kappa shape index (κ2) is 9.75. The molecule has 31 heavy (non-hydrogen) atoms. The van der Waals surface area contributed by atoms with E-state index in [0.717, 1.165) is 54.2 Å². The van der Waals surface area contributed by atoms with Crippen LogP contribution in [0.1, 0.15) is 38.3 Å². The summed E-state index contributed by atoms with van der Waals surface area (Å²) in [6.07, 6.45) is 1.69. The van der Waals surface area contributed by atoms with Crippen molar-refractivity contribution in [3.8, 4) is 0 Å². The van der Waals surface area contributed by atoms with Gasteiger partial charge in [0.1, 0.15) is 17.1 Å². The fourth-order valence-corrected chi connectivity index (χ4v) is 5.61. The first-order chi connectivity index (χ1) is 14.9. The van der Waals surface area contributed by atoms with Crippen molar-refractivity contribution in [3.05, 3.63) is 51.0 Å². The first kappa shape index (κ1) is 23.0. The summed E-state index contributed by atoms with van der Waals surface area (Å²) in [7, 11) is 0. The van der Waals surface area contributed by atoms with Crippen LogP contribution >= 0.6 is 34.8 Å². The summed E-state index contributed by atoms with van der Waals surface area (Å²) in [6, 6.07) is 9.23. The van der Waals surface area contributed by atoms with Gasteiger partial charge in [0.05, 0.1) is 27.3 Å². The molecule has 2 unspecified atom stereocenters. The second-order valence-corrected chi connectivity index (χ2v) is 9.66. The third-order valence-corrected chi connectivity index (χ3v) is 7.26. The predicted molar refractivity (Wildman–Crippen MR) is 131 cm³/mol. The number of aromatic nitrogens is 2. The molecule has 0 saturated heterocycles. The molecule has 0 bridgehead atoms. The Morgan fingerprint density at radius 1 is 1.13 bits per heavy atom. The Balaban J connectivity index is 1.84. The first-order valence-electron chi connectivity index (χ1n) is 10.3. The van der Waals surface area contributed by atoms with Gasteiger partial charge in [-0.25, -0.2) is 4.98 Å². The molecular formula is C21H24Cl3N5OS. The fraction of sp³-hybridized carbons (Fsp3) is 0.381. The van der Waals surface area contributed by atoms with Crippen LogP contribution in [0.15, 0.2) is 30.3 Å². The Hall–Kier alpha value is -1.19. The van der Waals surface area contributed by atoms with E-state index in [0.29, 0.717) is 21.6 Å². The molecule has 0 aliphatic carbocycles. The minimum atomic E-state index is -1.33. The molecule has 2 aromatic carbocycles. The van der Waals surface area contributed by atoms with Crippen LogP contribution in [0.3, 0.4) is 0 Å². The Labute approximate surface area is 200 Å². The highest BCUT2D eigenvalue weighted by molar-refractivity contribution is 7.87. The SMILES string of the molecule is CCN[S+]([O-])NC(CC)c1ccc(Cl)c2nc3n(c12)CCCN3c1ccc(Cl)cc1Cl. The second-order valence-electron chi connectivity index (χ2n) is 7.34. The number of benzene rings is 2. The highest BCUT2D eigenvalue weighted by Gasteiger charge is 2.29. The number of nitrogens with one attached hydrogen (secondary N) is 2. The molecule has 0 spiro atoms. The van der Waals surface area contributed by atoms with Crippen LogP contribution in [0.4, 0.5) is 11.6 Å². The van der Waals surface area contributed by atoms with Crippen molar-refractivity contribution < 1.29 is 4.55 Å². The van der Waals surface area contributed by atoms with Gasteiger partial charge in [0.2, 0.25) is 5.95 Å². The highest BCUT2D eigenvalue weighted by Crippen LogP contribution is 2.40. The molecule has 1 aliphatic rings. The van der Waals surface area contributed by atoms with Crippen LogP contribution in [-0.2, 0) is 18.1 Å². The Morgan fingerprint density at radius 2 is 1.94 bits per heavy atom. The van der Waals surface area contributed by atoms with E-state index in [9.17, 15) is 4.55 Å². The highest BCUT2D eigenvalue weighted by atomic mass is 35.5. The Kier molecular flexibility index (Phi) is 7.23. The molecule has 4 rings (SSSR count). The van der Waals surface area contributed by atoms with Crippen LogP contribution in [0.25, 0.3) is 11.0 Å². The third-order valence-electron chi connectivity index (χ3n) is 5.37. The van der Waals surface area contributed by atoms with Crippen molar-refractivity contribution >= 4 is 69.0 Å². The lowest BCUT2D eigenvalue weighted by Crippen LogP contribution is -2.38. The molecule has 1 aliphatic heterocycles. The van der Waals surface area contributed by atoms with Crippen molar-refractivity contribution in [2.45, 2.75) is 39.3 Å². The fourth-order valence-electron chi connectivity index (χ4n) is 4.00. The molecule has 0 fully saturated rings. The van der Waals surface area contributed by atoms with Crippen LogP contribution in [0, 0.1) is 0 Å². The predicted octanol–water partition coefficient (Wildman–Crippen LogP) is 5.77. The van der Waals surface area contributed by atoms with Gasteiger partial charge in [-0.05, 0) is 49.6 Å². The van der Waals surface area contributed by atoms with Gasteiger partial charge in [-0.15, -0.1) is 9.44 Å². The van der Waals surface area contributed by atoms with Crippen molar-refractivity contribution in [1.29, 1.82) is 0 Å². The number of hydrogen-bond donors (Lipinski definition) is 2. The molecule has 1 aromatic heterocycles. The van der Waals surface area contributed by atoms with E-state index in [1.807, 2.05) is 31.2 Å². The maximum atomic E-state index is 12.3. The number of halogens is 3. The van der Waals surface area contributed by atoms with Gasteiger partial charge < -0.3 is 14.0 Å². The Bertz CT molecular complexity index is 1090. The topological polar surface area (TPSA) is 68.2 Å². The van der Waals surface area contributed by atoms with Gasteiger partial charge in [-0.2, -0.15) is 0 Å². The quantitative estimate of drug-likeness (QED) is 0.403. The van der Waals surface area contributed by atoms with E-state index in [-0.39, 0.29) is 6.04 Å². The lowest BCUT2D eigenvalue weighted by atomic mass is 10.0. The van der Waals surface area contributed by atoms with E-state index < -0.39 is 11.5 Å². The minimum Gasteiger partial charge on any atom is -0.579 e. The maximum absolute atomic E-state index is 12.3. The Morgan fingerprint density at radius 3 is 2.65 bits per heavy atom. The van der Waals surface area contributed by atoms with Gasteiger partial charge in [0.15, 0.2) is 0 Å². The normalized spacial score (nSPS) is 15.9. The summed E-state index contributed by atoms with van der Waals surface area (Å²) in [5.41, 5.74) is 3.58. The number of hydrogen-bond acceptors (Lipinski definition) is 5. The van der Waals surface area contributed by atoms with Crippen LogP contribution in [-0.4, -0.2) is 27.2 Å². The number of fused-ring (bicyclic) bond motifs is 3. The number of imidazole rings is 1. The maximum Gasteiger partial charge on any atom is 0.211 e. The molecule has 0 amide bonds. The van der Waals surface area contributed by atoms with E-state index in [4.69, 9.17) is 39.8 Å². The van der Waals surface area contributed by atoms with E-state index in [1.165, 1.54) is 0 Å². The summed E-state index contributed by atoms with van der Waals surface area (Å²) in [5, 5.41) is 1.76. The van der Waals surface area contributed by atoms with Crippen LogP contribution in [0.2, 0.25) is 15.1 Å². The molecule has 2 atom stereocenters. The summed E-state index contributed by atoms with van der Waals surface area (Å²) in [4.78, 5) is 7.02. The summed E-state index contributed by atoms with van der Waals surface area (Å²) < 4.78 is 20.6. The molecular weight excluding hydrogens is 477 g/mol. The summed E-state index contributed by atoms with van der Waals surface area (Å²) in [5.74, 6) is 0.794. The standard InChI is InChI=1S/C21H24Cl3N5OS/c1-3-17(27-31(30)25-4-2)14-7-8-15(23)19-20(14)29-11-5-10-28(21(29)26-19)18-9-6-13(22)12-16(18)24/h6-9,12,17,25,27H,3-5,10-11H2,1-2H3. The third kappa shape index (κ3) is 4.50. The average Bonchev–Trinajstić information content (AvgIpc) is 3.14. The van der Waals surface area contributed by atoms with Crippen LogP contribution < -0.4 is 14.3 Å². The summed E-state index contributed by atoms with van der Waals surface area (Å²) >= 11 is 17.8. The molecule has 10 heteroatoms. The van der Waals surface area contributed by atoms with Crippen LogP contribution in [0.5, 0.6) is 0 Å². The average molecular weight is 501 g/mol. The smallest absolute Gasteiger partial charge is 0.211 e. The zero-order valence-electron chi connectivity index (χ0n) is 17.3. The molecule has 166 valence electrons. The van der Waals surface area contributed by atoms with Gasteiger partial charge in [0, 0.05) is 24.7 Å². The van der Waals surface area contributed by atoms with Gasteiger partial charge in [-0.1, -0.05) is 47.8 Å². The monoisotopic (exact) mass is 499 g/mol.